The van der Waals surface area contributed by atoms with Gasteiger partial charge in [-0.2, -0.15) is 0 Å². The van der Waals surface area contributed by atoms with Gasteiger partial charge < -0.3 is 5.73 Å². The van der Waals surface area contributed by atoms with Crippen molar-refractivity contribution in [3.8, 4) is 0 Å². The minimum atomic E-state index is -1.32. The van der Waals surface area contributed by atoms with Gasteiger partial charge in [0.25, 0.3) is 0 Å². The summed E-state index contributed by atoms with van der Waals surface area (Å²) < 4.78 is 26.8. The summed E-state index contributed by atoms with van der Waals surface area (Å²) in [5.41, 5.74) is 6.07. The lowest BCUT2D eigenvalue weighted by Crippen LogP contribution is -2.40. The van der Waals surface area contributed by atoms with Gasteiger partial charge in [-0.3, -0.25) is 4.21 Å². The molecule has 118 valence electrons. The zero-order valence-corrected chi connectivity index (χ0v) is 14.0. The van der Waals surface area contributed by atoms with Gasteiger partial charge in [0, 0.05) is 5.25 Å². The predicted octanol–water partition coefficient (Wildman–Crippen LogP) is 3.72. The average Bonchev–Trinajstić information content (AvgIpc) is 2.45. The standard InChI is InChI=1S/C17H26FNOS/c1-17(2,3)13-9-8-12(11-19)16(10-13)21(20)15-7-5-4-6-14(15)18/h4-7,12-13,16H,8-11,19H2,1-3H3. The number of halogens is 1. The summed E-state index contributed by atoms with van der Waals surface area (Å²) in [5, 5.41) is -0.0372. The third-order valence-electron chi connectivity index (χ3n) is 4.78. The minimum absolute atomic E-state index is 0.0372. The molecular formula is C17H26FNOS. The molecule has 0 heterocycles. The predicted molar refractivity (Wildman–Crippen MR) is 85.9 cm³/mol. The molecule has 0 aliphatic heterocycles. The van der Waals surface area contributed by atoms with Crippen molar-refractivity contribution in [3.05, 3.63) is 30.1 Å². The Morgan fingerprint density at radius 2 is 1.95 bits per heavy atom. The molecule has 4 heteroatoms. The first-order chi connectivity index (χ1) is 9.84. The van der Waals surface area contributed by atoms with Crippen LogP contribution in [0.1, 0.15) is 40.0 Å². The molecule has 1 aromatic rings. The maximum absolute atomic E-state index is 13.9. The molecule has 4 atom stereocenters. The van der Waals surface area contributed by atoms with Gasteiger partial charge in [0.05, 0.1) is 15.7 Å². The summed E-state index contributed by atoms with van der Waals surface area (Å²) in [4.78, 5) is 0.329. The Morgan fingerprint density at radius 1 is 1.29 bits per heavy atom. The van der Waals surface area contributed by atoms with E-state index in [4.69, 9.17) is 5.73 Å². The van der Waals surface area contributed by atoms with Crippen LogP contribution in [-0.4, -0.2) is 16.0 Å². The van der Waals surface area contributed by atoms with Crippen molar-refractivity contribution in [2.24, 2.45) is 23.0 Å². The number of rotatable bonds is 3. The fourth-order valence-corrected chi connectivity index (χ4v) is 5.08. The minimum Gasteiger partial charge on any atom is -0.330 e. The normalized spacial score (nSPS) is 28.3. The maximum Gasteiger partial charge on any atom is 0.139 e. The highest BCUT2D eigenvalue weighted by Crippen LogP contribution is 2.42. The summed E-state index contributed by atoms with van der Waals surface area (Å²) >= 11 is 0. The SMILES string of the molecule is CC(C)(C)C1CCC(CN)C(S(=O)c2ccccc2F)C1. The fourth-order valence-electron chi connectivity index (χ4n) is 3.28. The molecule has 0 aromatic heterocycles. The lowest BCUT2D eigenvalue weighted by atomic mass is 9.69. The molecule has 0 amide bonds. The van der Waals surface area contributed by atoms with Crippen molar-refractivity contribution in [1.29, 1.82) is 0 Å². The van der Waals surface area contributed by atoms with E-state index in [2.05, 4.69) is 20.8 Å². The third kappa shape index (κ3) is 3.72. The first kappa shape index (κ1) is 16.6. The Bertz CT molecular complexity index is 512. The van der Waals surface area contributed by atoms with E-state index >= 15 is 0 Å². The average molecular weight is 311 g/mol. The van der Waals surface area contributed by atoms with E-state index < -0.39 is 10.8 Å². The first-order valence-corrected chi connectivity index (χ1v) is 8.91. The molecule has 1 fully saturated rings. The van der Waals surface area contributed by atoms with Crippen LogP contribution >= 0.6 is 0 Å². The van der Waals surface area contributed by atoms with Crippen molar-refractivity contribution in [3.63, 3.8) is 0 Å². The van der Waals surface area contributed by atoms with E-state index in [1.54, 1.807) is 18.2 Å². The smallest absolute Gasteiger partial charge is 0.139 e. The second-order valence-corrected chi connectivity index (χ2v) is 8.78. The Balaban J connectivity index is 2.25. The number of benzene rings is 1. The molecule has 1 aliphatic carbocycles. The summed E-state index contributed by atoms with van der Waals surface area (Å²) in [5.74, 6) is 0.370. The van der Waals surface area contributed by atoms with E-state index in [9.17, 15) is 8.60 Å². The molecule has 2 N–H and O–H groups in total. The molecule has 2 nitrogen and oxygen atoms in total. The highest BCUT2D eigenvalue weighted by molar-refractivity contribution is 7.85. The lowest BCUT2D eigenvalue weighted by molar-refractivity contribution is 0.156. The Morgan fingerprint density at radius 3 is 2.52 bits per heavy atom. The van der Waals surface area contributed by atoms with E-state index in [0.29, 0.717) is 17.4 Å². The summed E-state index contributed by atoms with van der Waals surface area (Å²) in [6.07, 6.45) is 2.98. The molecule has 0 spiro atoms. The van der Waals surface area contributed by atoms with Gasteiger partial charge in [-0.1, -0.05) is 32.9 Å². The van der Waals surface area contributed by atoms with Gasteiger partial charge in [-0.25, -0.2) is 4.39 Å². The third-order valence-corrected chi connectivity index (χ3v) is 6.68. The van der Waals surface area contributed by atoms with Crippen molar-refractivity contribution in [2.75, 3.05) is 6.54 Å². The van der Waals surface area contributed by atoms with Crippen LogP contribution in [0.4, 0.5) is 4.39 Å². The molecule has 1 saturated carbocycles. The summed E-state index contributed by atoms with van der Waals surface area (Å²) in [6.45, 7) is 7.21. The summed E-state index contributed by atoms with van der Waals surface area (Å²) in [7, 11) is -1.32. The second-order valence-electron chi connectivity index (χ2n) is 7.14. The number of hydrogen-bond acceptors (Lipinski definition) is 2. The van der Waals surface area contributed by atoms with Crippen LogP contribution < -0.4 is 5.73 Å². The van der Waals surface area contributed by atoms with Gasteiger partial charge in [-0.05, 0) is 55.2 Å². The highest BCUT2D eigenvalue weighted by atomic mass is 32.2. The Kier molecular flexibility index (Phi) is 5.20. The van der Waals surface area contributed by atoms with Gasteiger partial charge in [0.2, 0.25) is 0 Å². The molecule has 4 unspecified atom stereocenters. The maximum atomic E-state index is 13.9. The van der Waals surface area contributed by atoms with Gasteiger partial charge in [0.1, 0.15) is 5.82 Å². The fraction of sp³-hybridized carbons (Fsp3) is 0.647. The van der Waals surface area contributed by atoms with E-state index in [-0.39, 0.29) is 22.4 Å². The molecule has 0 bridgehead atoms. The quantitative estimate of drug-likeness (QED) is 0.924. The first-order valence-electron chi connectivity index (χ1n) is 7.69. The van der Waals surface area contributed by atoms with Crippen molar-refractivity contribution in [1.82, 2.24) is 0 Å². The molecular weight excluding hydrogens is 285 g/mol. The number of hydrogen-bond donors (Lipinski definition) is 1. The van der Waals surface area contributed by atoms with Crippen LogP contribution in [0.15, 0.2) is 29.2 Å². The second kappa shape index (κ2) is 6.57. The zero-order valence-electron chi connectivity index (χ0n) is 13.1. The van der Waals surface area contributed by atoms with E-state index in [1.165, 1.54) is 6.07 Å². The topological polar surface area (TPSA) is 43.1 Å². The lowest BCUT2D eigenvalue weighted by Gasteiger charge is -2.41. The van der Waals surface area contributed by atoms with Crippen LogP contribution in [-0.2, 0) is 10.8 Å². The van der Waals surface area contributed by atoms with E-state index in [0.717, 1.165) is 19.3 Å². The highest BCUT2D eigenvalue weighted by Gasteiger charge is 2.38. The van der Waals surface area contributed by atoms with Crippen LogP contribution in [0.2, 0.25) is 0 Å². The van der Waals surface area contributed by atoms with Crippen LogP contribution in [0.5, 0.6) is 0 Å². The Hall–Kier alpha value is -0.740. The van der Waals surface area contributed by atoms with Crippen LogP contribution in [0.25, 0.3) is 0 Å². The van der Waals surface area contributed by atoms with Gasteiger partial charge >= 0.3 is 0 Å². The number of nitrogens with two attached hydrogens (primary N) is 1. The van der Waals surface area contributed by atoms with Crippen LogP contribution in [0.3, 0.4) is 0 Å². The molecule has 1 aliphatic rings. The Labute approximate surface area is 129 Å². The van der Waals surface area contributed by atoms with E-state index in [1.807, 2.05) is 0 Å². The van der Waals surface area contributed by atoms with Crippen molar-refractivity contribution in [2.45, 2.75) is 50.2 Å². The van der Waals surface area contributed by atoms with Crippen molar-refractivity contribution < 1.29 is 8.60 Å². The van der Waals surface area contributed by atoms with Gasteiger partial charge in [0.15, 0.2) is 0 Å². The molecule has 1 aromatic carbocycles. The molecule has 0 radical (unpaired) electrons. The molecule has 21 heavy (non-hydrogen) atoms. The van der Waals surface area contributed by atoms with Crippen LogP contribution in [0, 0.1) is 23.1 Å². The molecule has 0 saturated heterocycles. The van der Waals surface area contributed by atoms with Crippen molar-refractivity contribution >= 4 is 10.8 Å². The largest absolute Gasteiger partial charge is 0.330 e. The monoisotopic (exact) mass is 311 g/mol. The summed E-state index contributed by atoms with van der Waals surface area (Å²) in [6, 6.07) is 6.40. The zero-order chi connectivity index (χ0) is 15.6. The van der Waals surface area contributed by atoms with Gasteiger partial charge in [-0.15, -0.1) is 0 Å². The molecule has 2 rings (SSSR count).